The van der Waals surface area contributed by atoms with E-state index >= 15 is 0 Å². The van der Waals surface area contributed by atoms with Crippen LogP contribution in [0.2, 0.25) is 0 Å². The summed E-state index contributed by atoms with van der Waals surface area (Å²) in [4.78, 5) is 4.32. The monoisotopic (exact) mass is 280 g/mol. The summed E-state index contributed by atoms with van der Waals surface area (Å²) in [6.45, 7) is 0. The third-order valence-electron chi connectivity index (χ3n) is 3.20. The molecule has 2 heterocycles. The van der Waals surface area contributed by atoms with Crippen molar-refractivity contribution in [2.75, 3.05) is 0 Å². The second-order valence-corrected chi connectivity index (χ2v) is 4.55. The van der Waals surface area contributed by atoms with Gasteiger partial charge in [-0.1, -0.05) is 23.4 Å². The molecule has 102 valence electrons. The first-order chi connectivity index (χ1) is 10.3. The molecule has 0 radical (unpaired) electrons. The maximum absolute atomic E-state index is 12.9. The number of para-hydroxylation sites is 1. The van der Waals surface area contributed by atoms with Crippen molar-refractivity contribution in [1.29, 1.82) is 0 Å². The molecule has 0 bridgehead atoms. The summed E-state index contributed by atoms with van der Waals surface area (Å²) in [5.74, 6) is 0.421. The minimum absolute atomic E-state index is 0.305. The predicted molar refractivity (Wildman–Crippen MR) is 74.8 cm³/mol. The van der Waals surface area contributed by atoms with Gasteiger partial charge < -0.3 is 4.52 Å². The summed E-state index contributed by atoms with van der Waals surface area (Å²) in [7, 11) is 0. The molecule has 21 heavy (non-hydrogen) atoms. The number of aromatic nitrogens is 4. The van der Waals surface area contributed by atoms with Crippen molar-refractivity contribution < 1.29 is 8.91 Å². The summed E-state index contributed by atoms with van der Waals surface area (Å²) >= 11 is 0. The van der Waals surface area contributed by atoms with Crippen LogP contribution in [0.3, 0.4) is 0 Å². The minimum atomic E-state index is -0.305. The molecule has 1 N–H and O–H groups in total. The highest BCUT2D eigenvalue weighted by Gasteiger charge is 2.15. The lowest BCUT2D eigenvalue weighted by Crippen LogP contribution is -1.82. The molecule has 2 aromatic heterocycles. The van der Waals surface area contributed by atoms with Crippen molar-refractivity contribution in [3.05, 3.63) is 54.3 Å². The molecule has 4 rings (SSSR count). The van der Waals surface area contributed by atoms with Crippen LogP contribution >= 0.6 is 0 Å². The van der Waals surface area contributed by atoms with Gasteiger partial charge >= 0.3 is 0 Å². The number of benzene rings is 2. The lowest BCUT2D eigenvalue weighted by Gasteiger charge is -1.92. The average Bonchev–Trinajstić information content (AvgIpc) is 3.14. The summed E-state index contributed by atoms with van der Waals surface area (Å²) in [5.41, 5.74) is 2.19. The third-order valence-corrected chi connectivity index (χ3v) is 3.20. The number of nitrogens with one attached hydrogen (secondary N) is 1. The van der Waals surface area contributed by atoms with Gasteiger partial charge in [0.05, 0.1) is 5.52 Å². The topological polar surface area (TPSA) is 67.6 Å². The molecule has 0 aliphatic carbocycles. The van der Waals surface area contributed by atoms with Crippen LogP contribution in [0.15, 0.2) is 53.1 Å². The zero-order valence-electron chi connectivity index (χ0n) is 10.7. The van der Waals surface area contributed by atoms with Gasteiger partial charge in [0.1, 0.15) is 5.82 Å². The number of aromatic amines is 1. The molecule has 0 spiro atoms. The Hall–Kier alpha value is -3.02. The fourth-order valence-electron chi connectivity index (χ4n) is 2.16. The Labute approximate surface area is 118 Å². The second kappa shape index (κ2) is 4.52. The molecule has 0 atom stereocenters. The average molecular weight is 280 g/mol. The SMILES string of the molecule is Fc1ccc(-c2noc(-c3n[nH]c4ccccc34)n2)cc1. The summed E-state index contributed by atoms with van der Waals surface area (Å²) in [6, 6.07) is 13.6. The van der Waals surface area contributed by atoms with Gasteiger partial charge in [-0.15, -0.1) is 0 Å². The van der Waals surface area contributed by atoms with Gasteiger partial charge in [-0.05, 0) is 30.3 Å². The van der Waals surface area contributed by atoms with Gasteiger partial charge in [0.15, 0.2) is 5.69 Å². The normalized spacial score (nSPS) is 11.1. The highest BCUT2D eigenvalue weighted by atomic mass is 19.1. The van der Waals surface area contributed by atoms with Crippen molar-refractivity contribution >= 4 is 10.9 Å². The minimum Gasteiger partial charge on any atom is -0.332 e. The van der Waals surface area contributed by atoms with E-state index in [-0.39, 0.29) is 5.82 Å². The smallest absolute Gasteiger partial charge is 0.279 e. The van der Waals surface area contributed by atoms with E-state index in [9.17, 15) is 4.39 Å². The van der Waals surface area contributed by atoms with E-state index in [1.54, 1.807) is 12.1 Å². The Morgan fingerprint density at radius 1 is 1.00 bits per heavy atom. The van der Waals surface area contributed by atoms with Gasteiger partial charge in [-0.25, -0.2) is 4.39 Å². The Bertz CT molecular complexity index is 911. The van der Waals surface area contributed by atoms with Crippen molar-refractivity contribution in [2.24, 2.45) is 0 Å². The molecule has 0 fully saturated rings. The maximum Gasteiger partial charge on any atom is 0.279 e. The van der Waals surface area contributed by atoms with Gasteiger partial charge in [0, 0.05) is 10.9 Å². The molecule has 0 aliphatic rings. The fourth-order valence-corrected chi connectivity index (χ4v) is 2.16. The van der Waals surface area contributed by atoms with E-state index in [0.29, 0.717) is 23.0 Å². The van der Waals surface area contributed by atoms with Gasteiger partial charge in [-0.2, -0.15) is 10.1 Å². The summed E-state index contributed by atoms with van der Waals surface area (Å²) in [6.07, 6.45) is 0. The number of nitrogens with zero attached hydrogens (tertiary/aromatic N) is 3. The van der Waals surface area contributed by atoms with Crippen LogP contribution < -0.4 is 0 Å². The lowest BCUT2D eigenvalue weighted by atomic mass is 10.2. The summed E-state index contributed by atoms with van der Waals surface area (Å²) < 4.78 is 18.2. The zero-order chi connectivity index (χ0) is 14.2. The Kier molecular flexibility index (Phi) is 2.53. The zero-order valence-corrected chi connectivity index (χ0v) is 10.7. The van der Waals surface area contributed by atoms with Crippen LogP contribution in [0.1, 0.15) is 0 Å². The molecule has 0 aliphatic heterocycles. The maximum atomic E-state index is 12.9. The molecule has 2 aromatic carbocycles. The third kappa shape index (κ3) is 1.97. The molecule has 4 aromatic rings. The highest BCUT2D eigenvalue weighted by Crippen LogP contribution is 2.26. The number of rotatable bonds is 2. The Morgan fingerprint density at radius 2 is 1.81 bits per heavy atom. The number of H-pyrrole nitrogens is 1. The molecule has 0 unspecified atom stereocenters. The molecule has 0 saturated heterocycles. The van der Waals surface area contributed by atoms with Crippen LogP contribution in [-0.4, -0.2) is 20.3 Å². The van der Waals surface area contributed by atoms with Crippen LogP contribution in [0.5, 0.6) is 0 Å². The van der Waals surface area contributed by atoms with Crippen molar-refractivity contribution in [3.8, 4) is 23.0 Å². The first-order valence-electron chi connectivity index (χ1n) is 6.34. The predicted octanol–water partition coefficient (Wildman–Crippen LogP) is 3.42. The largest absolute Gasteiger partial charge is 0.332 e. The van der Waals surface area contributed by atoms with E-state index in [1.165, 1.54) is 12.1 Å². The van der Waals surface area contributed by atoms with E-state index in [2.05, 4.69) is 20.3 Å². The number of fused-ring (bicyclic) bond motifs is 1. The van der Waals surface area contributed by atoms with Crippen molar-refractivity contribution in [2.45, 2.75) is 0 Å². The van der Waals surface area contributed by atoms with Gasteiger partial charge in [-0.3, -0.25) is 5.10 Å². The molecular weight excluding hydrogens is 271 g/mol. The lowest BCUT2D eigenvalue weighted by molar-refractivity contribution is 0.431. The first kappa shape index (κ1) is 11.8. The van der Waals surface area contributed by atoms with E-state index in [0.717, 1.165) is 10.9 Å². The van der Waals surface area contributed by atoms with E-state index in [4.69, 9.17) is 4.52 Å². The molecule has 0 amide bonds. The van der Waals surface area contributed by atoms with E-state index < -0.39 is 0 Å². The fraction of sp³-hybridized carbons (Fsp3) is 0. The van der Waals surface area contributed by atoms with Crippen LogP contribution in [0, 0.1) is 5.82 Å². The van der Waals surface area contributed by atoms with Crippen LogP contribution in [-0.2, 0) is 0 Å². The number of halogens is 1. The first-order valence-corrected chi connectivity index (χ1v) is 6.34. The standard InChI is InChI=1S/C15H9FN4O/c16-10-7-5-9(6-8-10)14-17-15(21-20-14)13-11-3-1-2-4-12(11)18-19-13/h1-8H,(H,18,19). The highest BCUT2D eigenvalue weighted by molar-refractivity contribution is 5.90. The number of hydrogen-bond donors (Lipinski definition) is 1. The van der Waals surface area contributed by atoms with Crippen molar-refractivity contribution in [3.63, 3.8) is 0 Å². The van der Waals surface area contributed by atoms with Gasteiger partial charge in [0.2, 0.25) is 5.82 Å². The van der Waals surface area contributed by atoms with Crippen LogP contribution in [0.4, 0.5) is 4.39 Å². The summed E-state index contributed by atoms with van der Waals surface area (Å²) in [5, 5.41) is 11.9. The van der Waals surface area contributed by atoms with Gasteiger partial charge in [0.25, 0.3) is 5.89 Å². The molecule has 0 saturated carbocycles. The molecular formula is C15H9FN4O. The molecule has 6 heteroatoms. The quantitative estimate of drug-likeness (QED) is 0.611. The Morgan fingerprint density at radius 3 is 2.67 bits per heavy atom. The molecule has 5 nitrogen and oxygen atoms in total. The number of hydrogen-bond acceptors (Lipinski definition) is 4. The Balaban J connectivity index is 1.79. The van der Waals surface area contributed by atoms with Crippen LogP contribution in [0.25, 0.3) is 33.9 Å². The van der Waals surface area contributed by atoms with Crippen molar-refractivity contribution in [1.82, 2.24) is 20.3 Å². The van der Waals surface area contributed by atoms with E-state index in [1.807, 2.05) is 24.3 Å². The second-order valence-electron chi connectivity index (χ2n) is 4.55.